The van der Waals surface area contributed by atoms with Gasteiger partial charge in [0.15, 0.2) is 0 Å². The van der Waals surface area contributed by atoms with E-state index in [2.05, 4.69) is 20.6 Å². The molecule has 0 spiro atoms. The van der Waals surface area contributed by atoms with Crippen molar-refractivity contribution in [1.29, 1.82) is 0 Å². The molecule has 0 aliphatic carbocycles. The van der Waals surface area contributed by atoms with Gasteiger partial charge in [-0.15, -0.1) is 0 Å². The summed E-state index contributed by atoms with van der Waals surface area (Å²) in [6.45, 7) is 0. The number of hydrogen-bond acceptors (Lipinski definition) is 5. The largest absolute Gasteiger partial charge is 0.368 e. The van der Waals surface area contributed by atoms with Gasteiger partial charge in [0.1, 0.15) is 11.4 Å². The first-order valence-electron chi connectivity index (χ1n) is 5.04. The van der Waals surface area contributed by atoms with Crippen LogP contribution in [0, 0.1) is 0 Å². The summed E-state index contributed by atoms with van der Waals surface area (Å²) in [5.74, 6) is 0.292. The van der Waals surface area contributed by atoms with Gasteiger partial charge in [0, 0.05) is 6.20 Å². The maximum atomic E-state index is 11.9. The fourth-order valence-electron chi connectivity index (χ4n) is 1.68. The Morgan fingerprint density at radius 2 is 1.82 bits per heavy atom. The van der Waals surface area contributed by atoms with E-state index in [1.54, 1.807) is 0 Å². The lowest BCUT2D eigenvalue weighted by Gasteiger charge is -2.06. The minimum atomic E-state index is -0.252. The van der Waals surface area contributed by atoms with Crippen LogP contribution in [0.15, 0.2) is 30.5 Å². The molecule has 0 saturated heterocycles. The first-order valence-corrected chi connectivity index (χ1v) is 5.04. The second kappa shape index (κ2) is 3.44. The van der Waals surface area contributed by atoms with E-state index in [0.29, 0.717) is 17.1 Å². The van der Waals surface area contributed by atoms with Crippen LogP contribution in [-0.4, -0.2) is 15.9 Å². The summed E-state index contributed by atoms with van der Waals surface area (Å²) in [7, 11) is 0. The van der Waals surface area contributed by atoms with Crippen LogP contribution < -0.4 is 16.4 Å². The first kappa shape index (κ1) is 9.59. The highest BCUT2D eigenvalue weighted by Crippen LogP contribution is 2.30. The number of nitrogens with one attached hydrogen (secondary N) is 2. The number of nitrogen functional groups attached to an aromatic ring is 1. The second-order valence-corrected chi connectivity index (χ2v) is 3.62. The van der Waals surface area contributed by atoms with E-state index in [-0.39, 0.29) is 11.9 Å². The lowest BCUT2D eigenvalue weighted by Crippen LogP contribution is -2.12. The second-order valence-electron chi connectivity index (χ2n) is 3.62. The van der Waals surface area contributed by atoms with Crippen molar-refractivity contribution >= 4 is 29.0 Å². The number of carbonyl (C=O) groups excluding carboxylic acids is 1. The molecule has 0 atom stereocenters. The third kappa shape index (κ3) is 1.55. The molecule has 0 fully saturated rings. The third-order valence-electron chi connectivity index (χ3n) is 2.48. The van der Waals surface area contributed by atoms with Crippen molar-refractivity contribution < 1.29 is 4.79 Å². The summed E-state index contributed by atoms with van der Waals surface area (Å²) in [5, 5.41) is 5.84. The lowest BCUT2D eigenvalue weighted by molar-refractivity contribution is 0.102. The zero-order chi connectivity index (χ0) is 11.8. The third-order valence-corrected chi connectivity index (χ3v) is 2.48. The van der Waals surface area contributed by atoms with Crippen molar-refractivity contribution in [3.05, 3.63) is 36.0 Å². The minimum absolute atomic E-state index is 0.128. The van der Waals surface area contributed by atoms with Gasteiger partial charge in [0.25, 0.3) is 5.91 Å². The SMILES string of the molecule is Nc1ncc2c(n1)Nc1ccccc1NC2=O. The monoisotopic (exact) mass is 227 g/mol. The van der Waals surface area contributed by atoms with Crippen LogP contribution >= 0.6 is 0 Å². The number of rotatable bonds is 0. The molecule has 17 heavy (non-hydrogen) atoms. The van der Waals surface area contributed by atoms with Crippen molar-refractivity contribution in [2.24, 2.45) is 0 Å². The molecule has 0 saturated carbocycles. The number of amides is 1. The topological polar surface area (TPSA) is 92.9 Å². The highest BCUT2D eigenvalue weighted by Gasteiger charge is 2.20. The fourth-order valence-corrected chi connectivity index (χ4v) is 1.68. The van der Waals surface area contributed by atoms with Gasteiger partial charge in [0.2, 0.25) is 5.95 Å². The molecule has 1 aliphatic rings. The van der Waals surface area contributed by atoms with E-state index in [1.807, 2.05) is 24.3 Å². The summed E-state index contributed by atoms with van der Waals surface area (Å²) < 4.78 is 0. The summed E-state index contributed by atoms with van der Waals surface area (Å²) >= 11 is 0. The Labute approximate surface area is 96.9 Å². The highest BCUT2D eigenvalue weighted by atomic mass is 16.1. The lowest BCUT2D eigenvalue weighted by atomic mass is 10.2. The molecule has 2 heterocycles. The predicted octanol–water partition coefficient (Wildman–Crippen LogP) is 1.37. The van der Waals surface area contributed by atoms with Gasteiger partial charge in [-0.2, -0.15) is 4.98 Å². The molecule has 0 radical (unpaired) electrons. The van der Waals surface area contributed by atoms with Gasteiger partial charge in [-0.25, -0.2) is 4.98 Å². The maximum absolute atomic E-state index is 11.9. The number of carbonyl (C=O) groups is 1. The molecule has 4 N–H and O–H groups in total. The number of aromatic nitrogens is 2. The number of nitrogens with two attached hydrogens (primary N) is 1. The number of anilines is 4. The van der Waals surface area contributed by atoms with Gasteiger partial charge in [-0.1, -0.05) is 12.1 Å². The van der Waals surface area contributed by atoms with E-state index >= 15 is 0 Å². The molecule has 84 valence electrons. The van der Waals surface area contributed by atoms with Crippen molar-refractivity contribution in [3.8, 4) is 0 Å². The number of benzene rings is 1. The summed E-state index contributed by atoms with van der Waals surface area (Å²) in [4.78, 5) is 19.7. The molecular weight excluding hydrogens is 218 g/mol. The molecular formula is C11H9N5O. The number of fused-ring (bicyclic) bond motifs is 2. The van der Waals surface area contributed by atoms with Gasteiger partial charge >= 0.3 is 0 Å². The Hall–Kier alpha value is -2.63. The molecule has 1 aromatic heterocycles. The zero-order valence-corrected chi connectivity index (χ0v) is 8.77. The van der Waals surface area contributed by atoms with Gasteiger partial charge in [0.05, 0.1) is 11.4 Å². The number of para-hydroxylation sites is 2. The Balaban J connectivity index is 2.18. The van der Waals surface area contributed by atoms with E-state index in [1.165, 1.54) is 6.20 Å². The summed E-state index contributed by atoms with van der Waals surface area (Å²) in [5.41, 5.74) is 7.35. The Morgan fingerprint density at radius 1 is 1.12 bits per heavy atom. The van der Waals surface area contributed by atoms with Gasteiger partial charge in [-0.3, -0.25) is 4.79 Å². The molecule has 6 heteroatoms. The predicted molar refractivity (Wildman–Crippen MR) is 64.1 cm³/mol. The summed E-state index contributed by atoms with van der Waals surface area (Å²) in [6.07, 6.45) is 1.41. The van der Waals surface area contributed by atoms with Crippen LogP contribution in [0.3, 0.4) is 0 Å². The maximum Gasteiger partial charge on any atom is 0.261 e. The average molecular weight is 227 g/mol. The minimum Gasteiger partial charge on any atom is -0.368 e. The van der Waals surface area contributed by atoms with Gasteiger partial charge < -0.3 is 16.4 Å². The number of nitrogens with zero attached hydrogens (tertiary/aromatic N) is 2. The Kier molecular flexibility index (Phi) is 1.94. The molecule has 1 amide bonds. The summed E-state index contributed by atoms with van der Waals surface area (Å²) in [6, 6.07) is 7.37. The first-order chi connectivity index (χ1) is 8.24. The van der Waals surface area contributed by atoms with Crippen LogP contribution in [0.25, 0.3) is 0 Å². The van der Waals surface area contributed by atoms with Crippen molar-refractivity contribution in [3.63, 3.8) is 0 Å². The molecule has 3 rings (SSSR count). The van der Waals surface area contributed by atoms with E-state index in [4.69, 9.17) is 5.73 Å². The van der Waals surface area contributed by atoms with Crippen LogP contribution in [-0.2, 0) is 0 Å². The van der Waals surface area contributed by atoms with Crippen molar-refractivity contribution in [2.45, 2.75) is 0 Å². The van der Waals surface area contributed by atoms with Crippen LogP contribution in [0.5, 0.6) is 0 Å². The van der Waals surface area contributed by atoms with Gasteiger partial charge in [-0.05, 0) is 12.1 Å². The van der Waals surface area contributed by atoms with E-state index in [9.17, 15) is 4.79 Å². The average Bonchev–Trinajstić information content (AvgIpc) is 2.44. The Bertz CT molecular complexity index is 611. The standard InChI is InChI=1S/C11H9N5O/c12-11-13-5-6-9(16-11)14-7-3-1-2-4-8(7)15-10(6)17/h1-5H,(H,15,17)(H3,12,13,14,16). The smallest absolute Gasteiger partial charge is 0.261 e. The fraction of sp³-hybridized carbons (Fsp3) is 0. The van der Waals surface area contributed by atoms with Crippen LogP contribution in [0.2, 0.25) is 0 Å². The van der Waals surface area contributed by atoms with Crippen LogP contribution in [0.4, 0.5) is 23.1 Å². The molecule has 0 bridgehead atoms. The molecule has 6 nitrogen and oxygen atoms in total. The molecule has 0 unspecified atom stereocenters. The molecule has 2 aromatic rings. The van der Waals surface area contributed by atoms with Crippen molar-refractivity contribution in [2.75, 3.05) is 16.4 Å². The van der Waals surface area contributed by atoms with Crippen LogP contribution in [0.1, 0.15) is 10.4 Å². The van der Waals surface area contributed by atoms with E-state index in [0.717, 1.165) is 5.69 Å². The Morgan fingerprint density at radius 3 is 2.59 bits per heavy atom. The zero-order valence-electron chi connectivity index (χ0n) is 8.77. The normalized spacial score (nSPS) is 12.8. The molecule has 1 aliphatic heterocycles. The number of hydrogen-bond donors (Lipinski definition) is 3. The highest BCUT2D eigenvalue weighted by molar-refractivity contribution is 6.11. The quantitative estimate of drug-likeness (QED) is 0.632. The van der Waals surface area contributed by atoms with Crippen molar-refractivity contribution in [1.82, 2.24) is 9.97 Å². The molecule has 1 aromatic carbocycles. The van der Waals surface area contributed by atoms with E-state index < -0.39 is 0 Å².